The van der Waals surface area contributed by atoms with Crippen molar-refractivity contribution in [2.45, 2.75) is 0 Å². The molecule has 2 rings (SSSR count). The van der Waals surface area contributed by atoms with Gasteiger partial charge in [0.2, 0.25) is 12.4 Å². The predicted octanol–water partition coefficient (Wildman–Crippen LogP) is 0.683. The molecule has 0 spiro atoms. The molecule has 4 heteroatoms. The zero-order valence-electron chi connectivity index (χ0n) is 8.38. The van der Waals surface area contributed by atoms with E-state index in [-0.39, 0.29) is 5.82 Å². The van der Waals surface area contributed by atoms with Gasteiger partial charge in [0.1, 0.15) is 5.82 Å². The highest BCUT2D eigenvalue weighted by atomic mass is 19.1. The van der Waals surface area contributed by atoms with Crippen LogP contribution >= 0.6 is 0 Å². The first kappa shape index (κ1) is 10.3. The third-order valence-corrected chi connectivity index (χ3v) is 2.00. The second kappa shape index (κ2) is 4.53. The summed E-state index contributed by atoms with van der Waals surface area (Å²) in [5.74, 6) is -0.778. The highest BCUT2D eigenvalue weighted by Gasteiger charge is 1.97. The van der Waals surface area contributed by atoms with Gasteiger partial charge in [-0.15, -0.1) is 0 Å². The van der Waals surface area contributed by atoms with Crippen molar-refractivity contribution in [2.75, 3.05) is 0 Å². The molecule has 16 heavy (non-hydrogen) atoms. The van der Waals surface area contributed by atoms with Crippen LogP contribution in [0.5, 0.6) is 0 Å². The first-order chi connectivity index (χ1) is 7.75. The third kappa shape index (κ3) is 2.42. The molecule has 0 amide bonds. The largest absolute Gasteiger partial charge is 0.854 e. The van der Waals surface area contributed by atoms with E-state index in [2.05, 4.69) is 5.10 Å². The summed E-state index contributed by atoms with van der Waals surface area (Å²) in [6.07, 6.45) is 3.31. The van der Waals surface area contributed by atoms with Gasteiger partial charge in [0.15, 0.2) is 0 Å². The fourth-order valence-corrected chi connectivity index (χ4v) is 1.21. The number of pyridine rings is 1. The summed E-state index contributed by atoms with van der Waals surface area (Å²) in [4.78, 5) is 0. The average Bonchev–Trinajstić information content (AvgIpc) is 2.31. The van der Waals surface area contributed by atoms with Crippen molar-refractivity contribution >= 4 is 5.90 Å². The van der Waals surface area contributed by atoms with Crippen LogP contribution in [0.15, 0.2) is 60.0 Å². The molecule has 3 nitrogen and oxygen atoms in total. The third-order valence-electron chi connectivity index (χ3n) is 2.00. The van der Waals surface area contributed by atoms with Gasteiger partial charge in [0.25, 0.3) is 0 Å². The van der Waals surface area contributed by atoms with Crippen molar-refractivity contribution < 1.29 is 14.2 Å². The minimum Gasteiger partial charge on any atom is -0.854 e. The summed E-state index contributed by atoms with van der Waals surface area (Å²) in [7, 11) is 0. The summed E-state index contributed by atoms with van der Waals surface area (Å²) in [5.41, 5.74) is 0.359. The van der Waals surface area contributed by atoms with Crippen LogP contribution in [0.2, 0.25) is 0 Å². The molecule has 0 radical (unpaired) electrons. The van der Waals surface area contributed by atoms with Crippen LogP contribution < -0.4 is 9.78 Å². The van der Waals surface area contributed by atoms with Crippen LogP contribution in [0.4, 0.5) is 4.39 Å². The van der Waals surface area contributed by atoms with E-state index in [4.69, 9.17) is 0 Å². The Labute approximate surface area is 92.1 Å². The van der Waals surface area contributed by atoms with Crippen LogP contribution in [0.1, 0.15) is 5.56 Å². The van der Waals surface area contributed by atoms with Crippen molar-refractivity contribution in [1.82, 2.24) is 0 Å². The van der Waals surface area contributed by atoms with Crippen LogP contribution in [-0.4, -0.2) is 5.90 Å². The topological polar surface area (TPSA) is 39.3 Å². The summed E-state index contributed by atoms with van der Waals surface area (Å²) in [5, 5.41) is 15.4. The number of nitrogens with zero attached hydrogens (tertiary/aromatic N) is 2. The van der Waals surface area contributed by atoms with Gasteiger partial charge in [0, 0.05) is 12.1 Å². The molecule has 1 heterocycles. The van der Waals surface area contributed by atoms with E-state index < -0.39 is 5.90 Å². The Morgan fingerprint density at radius 2 is 1.69 bits per heavy atom. The number of hydrogen-bond acceptors (Lipinski definition) is 2. The zero-order chi connectivity index (χ0) is 11.4. The summed E-state index contributed by atoms with van der Waals surface area (Å²) in [6, 6.07) is 10.6. The Morgan fingerprint density at radius 3 is 2.31 bits per heavy atom. The van der Waals surface area contributed by atoms with Crippen LogP contribution in [0.3, 0.4) is 0 Å². The molecule has 0 saturated carbocycles. The van der Waals surface area contributed by atoms with E-state index >= 15 is 0 Å². The molecule has 0 fully saturated rings. The Hall–Kier alpha value is -2.23. The molecule has 1 aromatic carbocycles. The highest BCUT2D eigenvalue weighted by molar-refractivity contribution is 5.89. The number of aromatic nitrogens is 1. The van der Waals surface area contributed by atoms with Gasteiger partial charge in [-0.25, -0.2) is 4.39 Å². The molecule has 0 bridgehead atoms. The van der Waals surface area contributed by atoms with Gasteiger partial charge in [-0.1, -0.05) is 22.9 Å². The van der Waals surface area contributed by atoms with E-state index in [1.54, 1.807) is 24.5 Å². The summed E-state index contributed by atoms with van der Waals surface area (Å²) >= 11 is 0. The second-order valence-corrected chi connectivity index (χ2v) is 3.17. The summed E-state index contributed by atoms with van der Waals surface area (Å²) in [6.45, 7) is 0. The van der Waals surface area contributed by atoms with E-state index in [0.29, 0.717) is 5.56 Å². The Bertz CT molecular complexity index is 494. The van der Waals surface area contributed by atoms with Gasteiger partial charge in [-0.3, -0.25) is 0 Å². The van der Waals surface area contributed by atoms with Crippen molar-refractivity contribution in [1.29, 1.82) is 0 Å². The van der Waals surface area contributed by atoms with Crippen LogP contribution in [0, 0.1) is 5.82 Å². The molecule has 0 aliphatic carbocycles. The van der Waals surface area contributed by atoms with Crippen LogP contribution in [0.25, 0.3) is 0 Å². The van der Waals surface area contributed by atoms with Crippen molar-refractivity contribution in [2.24, 2.45) is 5.10 Å². The summed E-state index contributed by atoms with van der Waals surface area (Å²) < 4.78 is 14.0. The molecule has 0 saturated heterocycles. The Morgan fingerprint density at radius 1 is 1.06 bits per heavy atom. The first-order valence-electron chi connectivity index (χ1n) is 4.74. The van der Waals surface area contributed by atoms with Gasteiger partial charge in [-0.05, 0) is 22.8 Å². The molecule has 0 unspecified atom stereocenters. The van der Waals surface area contributed by atoms with Gasteiger partial charge in [-0.2, -0.15) is 0 Å². The fraction of sp³-hybridized carbons (Fsp3) is 0. The maximum absolute atomic E-state index is 12.6. The molecular weight excluding hydrogens is 207 g/mol. The quantitative estimate of drug-likeness (QED) is 0.413. The zero-order valence-corrected chi connectivity index (χ0v) is 8.38. The fourth-order valence-electron chi connectivity index (χ4n) is 1.21. The average molecular weight is 216 g/mol. The lowest BCUT2D eigenvalue weighted by atomic mass is 10.2. The van der Waals surface area contributed by atoms with E-state index in [9.17, 15) is 9.50 Å². The maximum Gasteiger partial charge on any atom is 0.202 e. The molecule has 0 N–H and O–H groups in total. The molecule has 1 aromatic heterocycles. The monoisotopic (exact) mass is 216 g/mol. The lowest BCUT2D eigenvalue weighted by Gasteiger charge is -2.05. The number of benzene rings is 1. The van der Waals surface area contributed by atoms with E-state index in [1.165, 1.54) is 28.9 Å². The molecule has 0 atom stereocenters. The Balaban J connectivity index is 2.28. The van der Waals surface area contributed by atoms with Crippen molar-refractivity contribution in [3.8, 4) is 0 Å². The molecule has 0 aliphatic heterocycles. The number of rotatable bonds is 2. The van der Waals surface area contributed by atoms with Crippen molar-refractivity contribution in [3.63, 3.8) is 0 Å². The molecule has 80 valence electrons. The minimum atomic E-state index is -0.406. The molecular formula is C12H9FN2O. The molecule has 2 aromatic rings. The SMILES string of the molecule is [O-]/C(=N\[n+]1ccccc1)c1ccc(F)cc1. The van der Waals surface area contributed by atoms with E-state index in [0.717, 1.165) is 0 Å². The molecule has 0 aliphatic rings. The van der Waals surface area contributed by atoms with Gasteiger partial charge < -0.3 is 5.11 Å². The highest BCUT2D eigenvalue weighted by Crippen LogP contribution is 2.01. The predicted molar refractivity (Wildman–Crippen MR) is 55.0 cm³/mol. The maximum atomic E-state index is 12.6. The lowest BCUT2D eigenvalue weighted by Crippen LogP contribution is -2.33. The smallest absolute Gasteiger partial charge is 0.202 e. The lowest BCUT2D eigenvalue weighted by molar-refractivity contribution is -0.681. The van der Waals surface area contributed by atoms with Gasteiger partial charge in [0.05, 0.1) is 5.90 Å². The number of hydrogen-bond donors (Lipinski definition) is 0. The van der Waals surface area contributed by atoms with Crippen LogP contribution in [-0.2, 0) is 0 Å². The van der Waals surface area contributed by atoms with Crippen molar-refractivity contribution in [3.05, 3.63) is 66.2 Å². The standard InChI is InChI=1S/C12H9FN2O/c13-11-6-4-10(5-7-11)12(16)14-15-8-2-1-3-9-15/h1-9H. The van der Waals surface area contributed by atoms with Gasteiger partial charge >= 0.3 is 0 Å². The van der Waals surface area contributed by atoms with E-state index in [1.807, 2.05) is 6.07 Å². The first-order valence-corrected chi connectivity index (χ1v) is 4.74. The second-order valence-electron chi connectivity index (χ2n) is 3.17. The Kier molecular flexibility index (Phi) is 2.91. The normalized spacial score (nSPS) is 11.4. The minimum absolute atomic E-state index is 0.359. The number of halogens is 1.